The number of halogens is 2. The summed E-state index contributed by atoms with van der Waals surface area (Å²) in [6.07, 6.45) is 8.27. The van der Waals surface area contributed by atoms with Crippen LogP contribution in [0.5, 0.6) is 11.5 Å². The fourth-order valence-corrected chi connectivity index (χ4v) is 4.44. The third-order valence-electron chi connectivity index (χ3n) is 5.64. The zero-order chi connectivity index (χ0) is 18.7. The van der Waals surface area contributed by atoms with Crippen molar-refractivity contribution in [2.24, 2.45) is 17.8 Å². The van der Waals surface area contributed by atoms with Crippen molar-refractivity contribution in [3.05, 3.63) is 29.8 Å². The molecule has 4 nitrogen and oxygen atoms in total. The van der Waals surface area contributed by atoms with Crippen molar-refractivity contribution in [2.45, 2.75) is 45.3 Å². The van der Waals surface area contributed by atoms with Crippen molar-refractivity contribution in [1.82, 2.24) is 5.32 Å². The summed E-state index contributed by atoms with van der Waals surface area (Å²) in [5.74, 6) is 2.20. The van der Waals surface area contributed by atoms with Crippen LogP contribution in [0, 0.1) is 17.8 Å². The molecule has 1 amide bonds. The second kappa shape index (κ2) is 8.06. The molecule has 2 aliphatic rings. The lowest BCUT2D eigenvalue weighted by Gasteiger charge is -2.28. The molecule has 2 bridgehead atoms. The van der Waals surface area contributed by atoms with Crippen molar-refractivity contribution in [3.8, 4) is 11.5 Å². The van der Waals surface area contributed by atoms with Crippen LogP contribution in [-0.2, 0) is 4.79 Å². The number of ether oxygens (including phenoxy) is 2. The molecule has 0 spiro atoms. The third-order valence-corrected chi connectivity index (χ3v) is 5.64. The number of carbonyl (C=O) groups excluding carboxylic acids is 1. The van der Waals surface area contributed by atoms with Crippen LogP contribution in [-0.4, -0.2) is 25.7 Å². The van der Waals surface area contributed by atoms with Crippen molar-refractivity contribution in [3.63, 3.8) is 0 Å². The molecule has 0 radical (unpaired) electrons. The minimum absolute atomic E-state index is 0.0333. The van der Waals surface area contributed by atoms with E-state index in [2.05, 4.69) is 17.0 Å². The highest BCUT2D eigenvalue weighted by Gasteiger charge is 2.41. The zero-order valence-corrected chi connectivity index (χ0v) is 15.1. The van der Waals surface area contributed by atoms with E-state index in [1.807, 2.05) is 0 Å². The Kier molecular flexibility index (Phi) is 5.79. The highest BCUT2D eigenvalue weighted by atomic mass is 19.3. The monoisotopic (exact) mass is 365 g/mol. The first-order valence-electron chi connectivity index (χ1n) is 9.07. The zero-order valence-electron chi connectivity index (χ0n) is 15.1. The number of rotatable bonds is 7. The Hall–Kier alpha value is -2.11. The molecule has 2 saturated carbocycles. The number of amides is 1. The maximum Gasteiger partial charge on any atom is 0.387 e. The standard InChI is InChI=1S/C20H25F2NO3/c1-12(16-10-14-3-6-15(16)9-14)23-19(24)8-5-13-4-7-17(26-20(21)22)18(11-13)25-2/h4-5,7-8,11-12,14-16,20H,3,6,9-10H2,1-2H3,(H,23,24)/b8-5+. The van der Waals surface area contributed by atoms with E-state index in [1.54, 1.807) is 18.2 Å². The van der Waals surface area contributed by atoms with Crippen LogP contribution in [0.25, 0.3) is 6.08 Å². The van der Waals surface area contributed by atoms with Gasteiger partial charge in [-0.05, 0) is 67.7 Å². The van der Waals surface area contributed by atoms with Crippen molar-refractivity contribution >= 4 is 12.0 Å². The van der Waals surface area contributed by atoms with E-state index < -0.39 is 6.61 Å². The minimum Gasteiger partial charge on any atom is -0.493 e. The maximum atomic E-state index is 12.4. The van der Waals surface area contributed by atoms with E-state index in [1.165, 1.54) is 44.9 Å². The topological polar surface area (TPSA) is 47.6 Å². The average molecular weight is 365 g/mol. The van der Waals surface area contributed by atoms with Gasteiger partial charge in [-0.1, -0.05) is 12.5 Å². The molecule has 142 valence electrons. The van der Waals surface area contributed by atoms with Crippen molar-refractivity contribution in [1.29, 1.82) is 0 Å². The Morgan fingerprint density at radius 2 is 2.08 bits per heavy atom. The van der Waals surface area contributed by atoms with Gasteiger partial charge in [-0.3, -0.25) is 4.79 Å². The number of methoxy groups -OCH3 is 1. The fraction of sp³-hybridized carbons (Fsp3) is 0.550. The molecule has 4 unspecified atom stereocenters. The number of alkyl halides is 2. The molecule has 1 N–H and O–H groups in total. The summed E-state index contributed by atoms with van der Waals surface area (Å²) in [4.78, 5) is 12.2. The number of hydrogen-bond donors (Lipinski definition) is 1. The number of hydrogen-bond acceptors (Lipinski definition) is 3. The Morgan fingerprint density at radius 1 is 1.27 bits per heavy atom. The van der Waals surface area contributed by atoms with Gasteiger partial charge in [-0.2, -0.15) is 8.78 Å². The second-order valence-corrected chi connectivity index (χ2v) is 7.26. The molecule has 0 saturated heterocycles. The second-order valence-electron chi connectivity index (χ2n) is 7.26. The third kappa shape index (κ3) is 4.34. The molecule has 2 aliphatic carbocycles. The van der Waals surface area contributed by atoms with Crippen LogP contribution in [0.2, 0.25) is 0 Å². The normalized spacial score (nSPS) is 25.7. The average Bonchev–Trinajstić information content (AvgIpc) is 3.23. The molecule has 6 heteroatoms. The molecule has 1 aromatic rings. The molecular weight excluding hydrogens is 340 g/mol. The Morgan fingerprint density at radius 3 is 2.69 bits per heavy atom. The van der Waals surface area contributed by atoms with Gasteiger partial charge in [0.15, 0.2) is 11.5 Å². The van der Waals surface area contributed by atoms with Crippen molar-refractivity contribution in [2.75, 3.05) is 7.11 Å². The van der Waals surface area contributed by atoms with Crippen molar-refractivity contribution < 1.29 is 23.0 Å². The smallest absolute Gasteiger partial charge is 0.387 e. The van der Waals surface area contributed by atoms with Crippen LogP contribution in [0.1, 0.15) is 38.2 Å². The Labute approximate surface area is 152 Å². The van der Waals surface area contributed by atoms with Gasteiger partial charge in [0.25, 0.3) is 0 Å². The van der Waals surface area contributed by atoms with Gasteiger partial charge >= 0.3 is 6.61 Å². The summed E-state index contributed by atoms with van der Waals surface area (Å²) in [7, 11) is 1.38. The molecule has 3 rings (SSSR count). The summed E-state index contributed by atoms with van der Waals surface area (Å²) < 4.78 is 34.2. The fourth-order valence-electron chi connectivity index (χ4n) is 4.44. The van der Waals surface area contributed by atoms with Gasteiger partial charge in [0.1, 0.15) is 0 Å². The SMILES string of the molecule is COc1cc(/C=C/C(=O)NC(C)C2CC3CCC2C3)ccc1OC(F)F. The van der Waals surface area contributed by atoms with Crippen LogP contribution in [0.3, 0.4) is 0 Å². The molecule has 0 heterocycles. The van der Waals surface area contributed by atoms with E-state index in [4.69, 9.17) is 4.74 Å². The van der Waals surface area contributed by atoms with Gasteiger partial charge in [0.05, 0.1) is 7.11 Å². The van der Waals surface area contributed by atoms with Crippen LogP contribution >= 0.6 is 0 Å². The predicted octanol–water partition coefficient (Wildman–Crippen LogP) is 4.25. The summed E-state index contributed by atoms with van der Waals surface area (Å²) >= 11 is 0. The van der Waals surface area contributed by atoms with Gasteiger partial charge in [0, 0.05) is 12.1 Å². The van der Waals surface area contributed by atoms with Crippen LogP contribution in [0.4, 0.5) is 8.78 Å². The molecule has 1 aromatic carbocycles. The molecular formula is C20H25F2NO3. The minimum atomic E-state index is -2.91. The first-order chi connectivity index (χ1) is 12.5. The Bertz CT molecular complexity index is 677. The van der Waals surface area contributed by atoms with E-state index in [0.717, 1.165) is 11.8 Å². The van der Waals surface area contributed by atoms with E-state index in [0.29, 0.717) is 11.5 Å². The van der Waals surface area contributed by atoms with E-state index in [-0.39, 0.29) is 23.4 Å². The lowest BCUT2D eigenvalue weighted by molar-refractivity contribution is -0.117. The van der Waals surface area contributed by atoms with E-state index >= 15 is 0 Å². The summed E-state index contributed by atoms with van der Waals surface area (Å²) in [5, 5.41) is 3.06. The lowest BCUT2D eigenvalue weighted by atomic mass is 9.84. The first-order valence-corrected chi connectivity index (χ1v) is 9.07. The molecule has 0 aromatic heterocycles. The van der Waals surface area contributed by atoms with Gasteiger partial charge < -0.3 is 14.8 Å². The molecule has 26 heavy (non-hydrogen) atoms. The maximum absolute atomic E-state index is 12.4. The molecule has 2 fully saturated rings. The molecule has 0 aliphatic heterocycles. The highest BCUT2D eigenvalue weighted by Crippen LogP contribution is 2.49. The number of fused-ring (bicyclic) bond motifs is 2. The van der Waals surface area contributed by atoms with Crippen LogP contribution in [0.15, 0.2) is 24.3 Å². The first kappa shape index (κ1) is 18.7. The summed E-state index contributed by atoms with van der Waals surface area (Å²) in [6, 6.07) is 4.73. The van der Waals surface area contributed by atoms with Gasteiger partial charge in [0.2, 0.25) is 5.91 Å². The van der Waals surface area contributed by atoms with Gasteiger partial charge in [-0.25, -0.2) is 0 Å². The summed E-state index contributed by atoms with van der Waals surface area (Å²) in [5.41, 5.74) is 0.672. The van der Waals surface area contributed by atoms with Crippen LogP contribution < -0.4 is 14.8 Å². The van der Waals surface area contributed by atoms with Gasteiger partial charge in [-0.15, -0.1) is 0 Å². The highest BCUT2D eigenvalue weighted by molar-refractivity contribution is 5.92. The lowest BCUT2D eigenvalue weighted by Crippen LogP contribution is -2.39. The largest absolute Gasteiger partial charge is 0.493 e. The predicted molar refractivity (Wildman–Crippen MR) is 95.2 cm³/mol. The number of benzene rings is 1. The Balaban J connectivity index is 1.57. The number of nitrogens with one attached hydrogen (secondary N) is 1. The molecule has 4 atom stereocenters. The quantitative estimate of drug-likeness (QED) is 0.735. The van der Waals surface area contributed by atoms with E-state index in [9.17, 15) is 13.6 Å². The summed E-state index contributed by atoms with van der Waals surface area (Å²) in [6.45, 7) is -0.834. The number of carbonyl (C=O) groups is 1.